The molecular weight excluding hydrogens is 354 g/mol. The van der Waals surface area contributed by atoms with Crippen molar-refractivity contribution in [1.29, 1.82) is 0 Å². The molecule has 1 aliphatic rings. The van der Waals surface area contributed by atoms with E-state index in [1.165, 1.54) is 6.92 Å². The zero-order chi connectivity index (χ0) is 19.6. The molecule has 0 radical (unpaired) electrons. The minimum absolute atomic E-state index is 0.242. The number of halogens is 2. The number of nitrogens with zero attached hydrogens (tertiary/aromatic N) is 4. The van der Waals surface area contributed by atoms with Gasteiger partial charge in [-0.05, 0) is 19.8 Å². The summed E-state index contributed by atoms with van der Waals surface area (Å²) in [7, 11) is 0. The van der Waals surface area contributed by atoms with Crippen molar-refractivity contribution in [3.63, 3.8) is 0 Å². The SMILES string of the molecule is CC(=O)Nc1cc(Nc2cc(C)nc(C(C)(F)F)n2)c(N2CCCC2)cn1. The summed E-state index contributed by atoms with van der Waals surface area (Å²) >= 11 is 0. The molecule has 0 aromatic carbocycles. The molecule has 144 valence electrons. The van der Waals surface area contributed by atoms with Crippen LogP contribution in [0.1, 0.15) is 38.2 Å². The van der Waals surface area contributed by atoms with Crippen molar-refractivity contribution in [3.8, 4) is 0 Å². The van der Waals surface area contributed by atoms with Crippen LogP contribution in [-0.4, -0.2) is 33.9 Å². The van der Waals surface area contributed by atoms with Gasteiger partial charge in [0, 0.05) is 44.8 Å². The fraction of sp³-hybridized carbons (Fsp3) is 0.444. The number of nitrogens with one attached hydrogen (secondary N) is 2. The van der Waals surface area contributed by atoms with Crippen LogP contribution in [0.4, 0.5) is 31.8 Å². The van der Waals surface area contributed by atoms with E-state index >= 15 is 0 Å². The summed E-state index contributed by atoms with van der Waals surface area (Å²) < 4.78 is 27.3. The minimum Gasteiger partial charge on any atom is -0.369 e. The highest BCUT2D eigenvalue weighted by atomic mass is 19.3. The normalized spacial score (nSPS) is 14.3. The van der Waals surface area contributed by atoms with Crippen LogP contribution in [0.25, 0.3) is 0 Å². The number of carbonyl (C=O) groups is 1. The summed E-state index contributed by atoms with van der Waals surface area (Å²) in [6.45, 7) is 5.57. The number of hydrogen-bond acceptors (Lipinski definition) is 6. The predicted octanol–water partition coefficient (Wildman–Crippen LogP) is 3.59. The fourth-order valence-electron chi connectivity index (χ4n) is 2.97. The Bertz CT molecular complexity index is 846. The molecule has 1 amide bonds. The second kappa shape index (κ2) is 7.42. The van der Waals surface area contributed by atoms with Gasteiger partial charge in [0.05, 0.1) is 17.6 Å². The Morgan fingerprint density at radius 2 is 1.89 bits per heavy atom. The van der Waals surface area contributed by atoms with Crippen LogP contribution >= 0.6 is 0 Å². The van der Waals surface area contributed by atoms with Gasteiger partial charge in [-0.2, -0.15) is 8.78 Å². The molecular formula is C18H22F2N6O. The Hall–Kier alpha value is -2.84. The molecule has 0 atom stereocenters. The van der Waals surface area contributed by atoms with E-state index < -0.39 is 11.7 Å². The monoisotopic (exact) mass is 376 g/mol. The van der Waals surface area contributed by atoms with Crippen LogP contribution < -0.4 is 15.5 Å². The number of aryl methyl sites for hydroxylation is 1. The van der Waals surface area contributed by atoms with E-state index in [0.717, 1.165) is 38.5 Å². The van der Waals surface area contributed by atoms with Gasteiger partial charge in [-0.1, -0.05) is 0 Å². The molecule has 0 saturated carbocycles. The van der Waals surface area contributed by atoms with Crippen molar-refractivity contribution in [1.82, 2.24) is 15.0 Å². The zero-order valence-corrected chi connectivity index (χ0v) is 15.5. The average Bonchev–Trinajstić information content (AvgIpc) is 3.07. The molecule has 3 rings (SSSR count). The molecule has 7 nitrogen and oxygen atoms in total. The van der Waals surface area contributed by atoms with Crippen molar-refractivity contribution in [2.75, 3.05) is 28.6 Å². The van der Waals surface area contributed by atoms with Crippen molar-refractivity contribution in [3.05, 3.63) is 29.8 Å². The quantitative estimate of drug-likeness (QED) is 0.830. The van der Waals surface area contributed by atoms with Crippen LogP contribution in [-0.2, 0) is 10.7 Å². The third-order valence-electron chi connectivity index (χ3n) is 4.14. The predicted molar refractivity (Wildman–Crippen MR) is 99.6 cm³/mol. The van der Waals surface area contributed by atoms with Crippen molar-refractivity contribution >= 4 is 28.9 Å². The van der Waals surface area contributed by atoms with Crippen molar-refractivity contribution in [2.45, 2.75) is 39.5 Å². The molecule has 0 bridgehead atoms. The Morgan fingerprint density at radius 1 is 1.19 bits per heavy atom. The summed E-state index contributed by atoms with van der Waals surface area (Å²) in [5.41, 5.74) is 1.91. The number of carbonyl (C=O) groups excluding carboxylic acids is 1. The lowest BCUT2D eigenvalue weighted by Crippen LogP contribution is -2.20. The Morgan fingerprint density at radius 3 is 2.52 bits per heavy atom. The first-order chi connectivity index (χ1) is 12.7. The lowest BCUT2D eigenvalue weighted by molar-refractivity contribution is -0.114. The van der Waals surface area contributed by atoms with Gasteiger partial charge in [-0.25, -0.2) is 15.0 Å². The maximum absolute atomic E-state index is 13.7. The van der Waals surface area contributed by atoms with Gasteiger partial charge in [-0.3, -0.25) is 4.79 Å². The molecule has 2 aromatic rings. The standard InChI is InChI=1S/C18H22F2N6O/c1-11-8-16(25-17(22-11)18(3,19)20)24-13-9-15(23-12(2)27)21-10-14(13)26-6-4-5-7-26/h8-10H,4-7H2,1-3H3,(H2,21,22,23,24,25,27). The summed E-state index contributed by atoms with van der Waals surface area (Å²) in [6.07, 6.45) is 3.82. The Labute approximate surface area is 156 Å². The summed E-state index contributed by atoms with van der Waals surface area (Å²) in [5, 5.41) is 5.73. The van der Waals surface area contributed by atoms with Gasteiger partial charge < -0.3 is 15.5 Å². The van der Waals surface area contributed by atoms with Gasteiger partial charge >= 0.3 is 5.92 Å². The van der Waals surface area contributed by atoms with Gasteiger partial charge in [0.25, 0.3) is 0 Å². The number of pyridine rings is 1. The van der Waals surface area contributed by atoms with Crippen LogP contribution in [0, 0.1) is 6.92 Å². The van der Waals surface area contributed by atoms with Crippen molar-refractivity contribution in [2.24, 2.45) is 0 Å². The first kappa shape index (κ1) is 18.9. The minimum atomic E-state index is -3.14. The first-order valence-electron chi connectivity index (χ1n) is 8.76. The highest BCUT2D eigenvalue weighted by Gasteiger charge is 2.29. The van der Waals surface area contributed by atoms with E-state index in [9.17, 15) is 13.6 Å². The van der Waals surface area contributed by atoms with Crippen LogP contribution in [0.15, 0.2) is 18.3 Å². The van der Waals surface area contributed by atoms with Crippen LogP contribution in [0.3, 0.4) is 0 Å². The summed E-state index contributed by atoms with van der Waals surface area (Å²) in [4.78, 5) is 25.6. The first-order valence-corrected chi connectivity index (χ1v) is 8.76. The largest absolute Gasteiger partial charge is 0.369 e. The molecule has 0 spiro atoms. The second-order valence-electron chi connectivity index (χ2n) is 6.69. The third-order valence-corrected chi connectivity index (χ3v) is 4.14. The molecule has 3 heterocycles. The van der Waals surface area contributed by atoms with E-state index in [1.807, 2.05) is 0 Å². The highest BCUT2D eigenvalue weighted by Crippen LogP contribution is 2.33. The molecule has 0 unspecified atom stereocenters. The number of alkyl halides is 2. The molecule has 27 heavy (non-hydrogen) atoms. The molecule has 0 aliphatic carbocycles. The molecule has 1 fully saturated rings. The number of rotatable bonds is 5. The van der Waals surface area contributed by atoms with Gasteiger partial charge in [-0.15, -0.1) is 0 Å². The van der Waals surface area contributed by atoms with Gasteiger partial charge in [0.1, 0.15) is 11.6 Å². The fourth-order valence-corrected chi connectivity index (χ4v) is 2.97. The highest BCUT2D eigenvalue weighted by molar-refractivity contribution is 5.89. The lowest BCUT2D eigenvalue weighted by Gasteiger charge is -2.22. The van der Waals surface area contributed by atoms with E-state index in [1.54, 1.807) is 25.3 Å². The molecule has 2 N–H and O–H groups in total. The lowest BCUT2D eigenvalue weighted by atomic mass is 10.2. The number of anilines is 4. The van der Waals surface area contributed by atoms with Crippen LogP contribution in [0.2, 0.25) is 0 Å². The second-order valence-corrected chi connectivity index (χ2v) is 6.69. The molecule has 1 aliphatic heterocycles. The zero-order valence-electron chi connectivity index (χ0n) is 15.5. The van der Waals surface area contributed by atoms with Crippen LogP contribution in [0.5, 0.6) is 0 Å². The number of aromatic nitrogens is 3. The molecule has 2 aromatic heterocycles. The topological polar surface area (TPSA) is 83.0 Å². The van der Waals surface area contributed by atoms with Gasteiger partial charge in [0.15, 0.2) is 0 Å². The molecule has 1 saturated heterocycles. The molecule has 9 heteroatoms. The number of hydrogen-bond donors (Lipinski definition) is 2. The third kappa shape index (κ3) is 4.66. The summed E-state index contributed by atoms with van der Waals surface area (Å²) in [5.74, 6) is -3.28. The van der Waals surface area contributed by atoms with E-state index in [-0.39, 0.29) is 11.7 Å². The van der Waals surface area contributed by atoms with E-state index in [4.69, 9.17) is 0 Å². The summed E-state index contributed by atoms with van der Waals surface area (Å²) in [6, 6.07) is 3.28. The van der Waals surface area contributed by atoms with E-state index in [0.29, 0.717) is 17.2 Å². The smallest absolute Gasteiger partial charge is 0.303 e. The average molecular weight is 376 g/mol. The Kier molecular flexibility index (Phi) is 5.20. The van der Waals surface area contributed by atoms with Crippen molar-refractivity contribution < 1.29 is 13.6 Å². The van der Waals surface area contributed by atoms with E-state index in [2.05, 4.69) is 30.5 Å². The maximum Gasteiger partial charge on any atom is 0.303 e. The Balaban J connectivity index is 1.98. The van der Waals surface area contributed by atoms with Gasteiger partial charge in [0.2, 0.25) is 11.7 Å². The maximum atomic E-state index is 13.7. The number of amides is 1.